The van der Waals surface area contributed by atoms with Crippen LogP contribution in [0.2, 0.25) is 0 Å². The molecule has 0 radical (unpaired) electrons. The number of hydrogen-bond acceptors (Lipinski definition) is 4. The molecule has 2 saturated heterocycles. The van der Waals surface area contributed by atoms with E-state index >= 15 is 0 Å². The van der Waals surface area contributed by atoms with Crippen LogP contribution in [-0.2, 0) is 9.59 Å². The zero-order valence-electron chi connectivity index (χ0n) is 10.6. The number of rotatable bonds is 3. The number of amides is 2. The summed E-state index contributed by atoms with van der Waals surface area (Å²) in [6.45, 7) is 3.11. The molecule has 0 aromatic rings. The minimum absolute atomic E-state index is 0.0733. The monoisotopic (exact) mass is 239 g/mol. The molecule has 5 heteroatoms. The molecule has 5 nitrogen and oxygen atoms in total. The Labute approximate surface area is 102 Å². The van der Waals surface area contributed by atoms with Gasteiger partial charge in [0.05, 0.1) is 12.5 Å². The Balaban J connectivity index is 1.75. The first-order valence-electron chi connectivity index (χ1n) is 6.30. The Morgan fingerprint density at radius 3 is 2.41 bits per heavy atom. The molecule has 2 aliphatic heterocycles. The second-order valence-electron chi connectivity index (χ2n) is 5.20. The molecule has 1 atom stereocenters. The highest BCUT2D eigenvalue weighted by molar-refractivity contribution is 6.05. The van der Waals surface area contributed by atoms with E-state index in [1.165, 1.54) is 17.7 Å². The van der Waals surface area contributed by atoms with Crippen LogP contribution in [0, 0.1) is 5.92 Å². The van der Waals surface area contributed by atoms with Gasteiger partial charge in [0.25, 0.3) is 0 Å². The number of carbonyl (C=O) groups is 2. The van der Waals surface area contributed by atoms with Crippen LogP contribution in [0.25, 0.3) is 0 Å². The third-order valence-electron chi connectivity index (χ3n) is 3.87. The Kier molecular flexibility index (Phi) is 3.79. The average molecular weight is 239 g/mol. The number of likely N-dealkylation sites (N-methyl/N-ethyl adjacent to an activating group) is 1. The number of nitrogens with zero attached hydrogens (tertiary/aromatic N) is 2. The first-order valence-corrected chi connectivity index (χ1v) is 6.30. The number of nitrogens with one attached hydrogen (secondary N) is 1. The third kappa shape index (κ3) is 2.84. The van der Waals surface area contributed by atoms with E-state index in [1.54, 1.807) is 7.05 Å². The third-order valence-corrected chi connectivity index (χ3v) is 3.87. The smallest absolute Gasteiger partial charge is 0.246 e. The molecular weight excluding hydrogens is 218 g/mol. The first kappa shape index (κ1) is 12.5. The number of imide groups is 1. The van der Waals surface area contributed by atoms with Gasteiger partial charge >= 0.3 is 0 Å². The van der Waals surface area contributed by atoms with E-state index < -0.39 is 0 Å². The van der Waals surface area contributed by atoms with E-state index in [0.717, 1.165) is 19.6 Å². The van der Waals surface area contributed by atoms with Gasteiger partial charge < -0.3 is 10.2 Å². The summed E-state index contributed by atoms with van der Waals surface area (Å²) in [5.41, 5.74) is 0. The minimum atomic E-state index is -0.285. The Morgan fingerprint density at radius 2 is 1.88 bits per heavy atom. The largest absolute Gasteiger partial charge is 0.306 e. The van der Waals surface area contributed by atoms with Gasteiger partial charge in [0.2, 0.25) is 11.8 Å². The molecule has 2 rings (SSSR count). The van der Waals surface area contributed by atoms with E-state index in [1.807, 2.05) is 0 Å². The summed E-state index contributed by atoms with van der Waals surface area (Å²) in [6.07, 6.45) is 2.67. The van der Waals surface area contributed by atoms with Crippen molar-refractivity contribution in [3.63, 3.8) is 0 Å². The van der Waals surface area contributed by atoms with Gasteiger partial charge in [0, 0.05) is 7.05 Å². The fourth-order valence-corrected chi connectivity index (χ4v) is 2.49. The molecule has 0 aromatic heterocycles. The zero-order valence-corrected chi connectivity index (χ0v) is 10.6. The van der Waals surface area contributed by atoms with Crippen LogP contribution >= 0.6 is 0 Å². The van der Waals surface area contributed by atoms with Crippen molar-refractivity contribution in [1.29, 1.82) is 0 Å². The van der Waals surface area contributed by atoms with E-state index in [0.29, 0.717) is 12.3 Å². The second kappa shape index (κ2) is 5.14. The lowest BCUT2D eigenvalue weighted by molar-refractivity contribution is -0.137. The summed E-state index contributed by atoms with van der Waals surface area (Å²) in [4.78, 5) is 26.6. The topological polar surface area (TPSA) is 52.7 Å². The van der Waals surface area contributed by atoms with Gasteiger partial charge in [-0.3, -0.25) is 14.5 Å². The lowest BCUT2D eigenvalue weighted by Crippen LogP contribution is -2.41. The summed E-state index contributed by atoms with van der Waals surface area (Å²) < 4.78 is 0. The van der Waals surface area contributed by atoms with Crippen molar-refractivity contribution in [2.45, 2.75) is 25.3 Å². The summed E-state index contributed by atoms with van der Waals surface area (Å²) in [5, 5.41) is 3.25. The van der Waals surface area contributed by atoms with Crippen LogP contribution in [0.3, 0.4) is 0 Å². The minimum Gasteiger partial charge on any atom is -0.306 e. The summed E-state index contributed by atoms with van der Waals surface area (Å²) in [5.74, 6) is 0.485. The second-order valence-corrected chi connectivity index (χ2v) is 5.20. The van der Waals surface area contributed by atoms with Crippen molar-refractivity contribution in [1.82, 2.24) is 15.1 Å². The molecule has 0 aromatic carbocycles. The number of hydrogen-bond donors (Lipinski definition) is 1. The normalized spacial score (nSPS) is 28.1. The van der Waals surface area contributed by atoms with E-state index in [-0.39, 0.29) is 17.9 Å². The number of likely N-dealkylation sites (tertiary alicyclic amines) is 2. The van der Waals surface area contributed by atoms with Gasteiger partial charge in [-0.25, -0.2) is 0 Å². The molecule has 0 aliphatic carbocycles. The van der Waals surface area contributed by atoms with Gasteiger partial charge in [0.15, 0.2) is 0 Å². The van der Waals surface area contributed by atoms with E-state index in [9.17, 15) is 9.59 Å². The fraction of sp³-hybridized carbons (Fsp3) is 0.833. The molecule has 17 heavy (non-hydrogen) atoms. The van der Waals surface area contributed by atoms with Crippen molar-refractivity contribution >= 4 is 11.8 Å². The molecule has 0 spiro atoms. The summed E-state index contributed by atoms with van der Waals surface area (Å²) in [6, 6.07) is -0.285. The van der Waals surface area contributed by atoms with Crippen LogP contribution in [0.4, 0.5) is 0 Å². The van der Waals surface area contributed by atoms with Gasteiger partial charge in [-0.15, -0.1) is 0 Å². The van der Waals surface area contributed by atoms with Crippen LogP contribution in [0.15, 0.2) is 0 Å². The number of piperidine rings is 1. The molecule has 96 valence electrons. The van der Waals surface area contributed by atoms with Crippen molar-refractivity contribution in [3.05, 3.63) is 0 Å². The molecule has 2 aliphatic rings. The average Bonchev–Trinajstić information content (AvgIpc) is 2.56. The Morgan fingerprint density at radius 1 is 1.24 bits per heavy atom. The lowest BCUT2D eigenvalue weighted by Gasteiger charge is -2.29. The predicted octanol–water partition coefficient (Wildman–Crippen LogP) is -0.325. The molecule has 1 N–H and O–H groups in total. The maximum atomic E-state index is 11.7. The predicted molar refractivity (Wildman–Crippen MR) is 64.4 cm³/mol. The molecule has 0 saturated carbocycles. The van der Waals surface area contributed by atoms with Crippen LogP contribution in [-0.4, -0.2) is 61.4 Å². The Bertz CT molecular complexity index is 311. The fourth-order valence-electron chi connectivity index (χ4n) is 2.49. The van der Waals surface area contributed by atoms with Crippen molar-refractivity contribution < 1.29 is 9.59 Å². The molecule has 2 fully saturated rings. The van der Waals surface area contributed by atoms with Gasteiger partial charge in [-0.05, 0) is 45.4 Å². The standard InChI is InChI=1S/C12H21N3O2/c1-14-5-3-9(4-6-14)8-13-10-7-11(16)15(2)12(10)17/h9-10,13H,3-8H2,1-2H3. The lowest BCUT2D eigenvalue weighted by atomic mass is 9.97. The molecule has 0 bridgehead atoms. The zero-order chi connectivity index (χ0) is 12.4. The maximum absolute atomic E-state index is 11.7. The first-order chi connectivity index (χ1) is 8.08. The van der Waals surface area contributed by atoms with E-state index in [4.69, 9.17) is 0 Å². The van der Waals surface area contributed by atoms with Crippen LogP contribution in [0.1, 0.15) is 19.3 Å². The van der Waals surface area contributed by atoms with Crippen molar-refractivity contribution in [2.75, 3.05) is 33.7 Å². The van der Waals surface area contributed by atoms with Crippen molar-refractivity contribution in [2.24, 2.45) is 5.92 Å². The quantitative estimate of drug-likeness (QED) is 0.686. The summed E-state index contributed by atoms with van der Waals surface area (Å²) >= 11 is 0. The highest BCUT2D eigenvalue weighted by Gasteiger charge is 2.35. The highest BCUT2D eigenvalue weighted by atomic mass is 16.2. The van der Waals surface area contributed by atoms with Gasteiger partial charge in [-0.2, -0.15) is 0 Å². The van der Waals surface area contributed by atoms with Gasteiger partial charge in [0.1, 0.15) is 0 Å². The molecule has 1 unspecified atom stereocenters. The van der Waals surface area contributed by atoms with Gasteiger partial charge in [-0.1, -0.05) is 0 Å². The molecular formula is C12H21N3O2. The highest BCUT2D eigenvalue weighted by Crippen LogP contribution is 2.16. The summed E-state index contributed by atoms with van der Waals surface area (Å²) in [7, 11) is 3.69. The Hall–Kier alpha value is -0.940. The van der Waals surface area contributed by atoms with Crippen LogP contribution < -0.4 is 5.32 Å². The van der Waals surface area contributed by atoms with Crippen molar-refractivity contribution in [3.8, 4) is 0 Å². The SMILES string of the molecule is CN1CCC(CNC2CC(=O)N(C)C2=O)CC1. The van der Waals surface area contributed by atoms with E-state index in [2.05, 4.69) is 17.3 Å². The number of carbonyl (C=O) groups excluding carboxylic acids is 2. The molecule has 2 amide bonds. The maximum Gasteiger partial charge on any atom is 0.246 e. The molecule has 2 heterocycles. The van der Waals surface area contributed by atoms with Crippen LogP contribution in [0.5, 0.6) is 0 Å².